The Hall–Kier alpha value is -3.11. The second-order valence-corrected chi connectivity index (χ2v) is 10.0. The Morgan fingerprint density at radius 2 is 1.91 bits per heavy atom. The fourth-order valence-corrected chi connectivity index (χ4v) is 5.28. The second-order valence-electron chi connectivity index (χ2n) is 8.97. The molecule has 0 radical (unpaired) electrons. The number of carbonyl (C=O) groups excluding carboxylic acids is 1. The van der Waals surface area contributed by atoms with E-state index in [1.165, 1.54) is 31.3 Å². The van der Waals surface area contributed by atoms with Gasteiger partial charge in [0.1, 0.15) is 17.5 Å². The lowest BCUT2D eigenvalue weighted by Gasteiger charge is -2.24. The van der Waals surface area contributed by atoms with Gasteiger partial charge in [-0.1, -0.05) is 0 Å². The van der Waals surface area contributed by atoms with E-state index in [4.69, 9.17) is 9.97 Å². The molecule has 4 N–H and O–H groups in total. The van der Waals surface area contributed by atoms with Crippen LogP contribution in [0.3, 0.4) is 0 Å². The molecule has 0 spiro atoms. The number of hydrogen-bond donors (Lipinski definition) is 4. The van der Waals surface area contributed by atoms with E-state index in [2.05, 4.69) is 31.0 Å². The zero-order valence-electron chi connectivity index (χ0n) is 18.1. The maximum absolute atomic E-state index is 12.0. The average molecular weight is 463 g/mol. The van der Waals surface area contributed by atoms with Crippen LogP contribution in [0.1, 0.15) is 19.3 Å². The van der Waals surface area contributed by atoms with Gasteiger partial charge in [-0.3, -0.25) is 9.89 Å². The lowest BCUT2D eigenvalue weighted by molar-refractivity contribution is -0.117. The molecule has 2 saturated heterocycles. The summed E-state index contributed by atoms with van der Waals surface area (Å²) in [5.74, 6) is 3.29. The summed E-state index contributed by atoms with van der Waals surface area (Å²) in [5.41, 5.74) is 0.820. The number of fused-ring (bicyclic) bond motifs is 2. The Balaban J connectivity index is 1.19. The summed E-state index contributed by atoms with van der Waals surface area (Å²) in [4.78, 5) is 25.0. The molecular weight excluding hydrogens is 436 g/mol. The van der Waals surface area contributed by atoms with Gasteiger partial charge in [0.25, 0.3) is 0 Å². The molecule has 4 heterocycles. The maximum atomic E-state index is 12.0. The number of anilines is 4. The zero-order valence-corrected chi connectivity index (χ0v) is 18.9. The van der Waals surface area contributed by atoms with Gasteiger partial charge in [0.2, 0.25) is 5.91 Å². The summed E-state index contributed by atoms with van der Waals surface area (Å²) >= 11 is 1.50. The summed E-state index contributed by atoms with van der Waals surface area (Å²) < 4.78 is 0. The first-order valence-electron chi connectivity index (χ1n) is 11.4. The number of H-pyrrole nitrogens is 1. The fourth-order valence-electron chi connectivity index (χ4n) is 4.51. The molecule has 2 aromatic heterocycles. The van der Waals surface area contributed by atoms with Crippen molar-refractivity contribution >= 4 is 40.8 Å². The Morgan fingerprint density at radius 1 is 1.06 bits per heavy atom. The number of hydrogen-bond acceptors (Lipinski definition) is 8. The number of rotatable bonds is 8. The third-order valence-electron chi connectivity index (χ3n) is 6.41. The van der Waals surface area contributed by atoms with Crippen molar-refractivity contribution in [1.29, 1.82) is 0 Å². The fraction of sp³-hybridized carbons (Fsp3) is 0.391. The summed E-state index contributed by atoms with van der Waals surface area (Å²) in [6.07, 6.45) is 4.94. The predicted octanol–water partition coefficient (Wildman–Crippen LogP) is 3.56. The summed E-state index contributed by atoms with van der Waals surface area (Å²) in [6, 6.07) is 12.1. The van der Waals surface area contributed by atoms with Crippen LogP contribution in [-0.4, -0.2) is 56.6 Å². The van der Waals surface area contributed by atoms with Crippen LogP contribution in [0.5, 0.6) is 0 Å². The molecule has 3 aromatic rings. The van der Waals surface area contributed by atoms with Crippen molar-refractivity contribution in [2.75, 3.05) is 35.6 Å². The molecule has 3 aliphatic rings. The van der Waals surface area contributed by atoms with Gasteiger partial charge >= 0.3 is 0 Å². The van der Waals surface area contributed by atoms with Crippen LogP contribution in [0.2, 0.25) is 0 Å². The van der Waals surface area contributed by atoms with Gasteiger partial charge in [-0.25, -0.2) is 9.97 Å². The molecule has 1 saturated carbocycles. The summed E-state index contributed by atoms with van der Waals surface area (Å²) in [6.45, 7) is 3.44. The van der Waals surface area contributed by atoms with E-state index in [0.717, 1.165) is 41.6 Å². The Labute approximate surface area is 196 Å². The number of nitrogens with zero attached hydrogens (tertiary/aromatic N) is 4. The molecule has 10 heteroatoms. The molecule has 2 aliphatic heterocycles. The second kappa shape index (κ2) is 8.68. The minimum absolute atomic E-state index is 0.115. The molecule has 1 aliphatic carbocycles. The molecule has 1 aromatic carbocycles. The molecule has 3 unspecified atom stereocenters. The molecule has 3 fully saturated rings. The number of piperidine rings is 1. The normalized spacial score (nSPS) is 23.5. The lowest BCUT2D eigenvalue weighted by atomic mass is 10.0. The average Bonchev–Trinajstić information content (AvgIpc) is 3.16. The number of aromatic nitrogens is 4. The van der Waals surface area contributed by atoms with Crippen molar-refractivity contribution in [1.82, 2.24) is 25.1 Å². The smallest absolute Gasteiger partial charge is 0.227 e. The van der Waals surface area contributed by atoms with Gasteiger partial charge in [-0.15, -0.1) is 0 Å². The van der Waals surface area contributed by atoms with Gasteiger partial charge in [0.15, 0.2) is 5.16 Å². The van der Waals surface area contributed by atoms with Crippen LogP contribution < -0.4 is 16.0 Å². The third kappa shape index (κ3) is 4.81. The van der Waals surface area contributed by atoms with E-state index in [-0.39, 0.29) is 11.8 Å². The number of aromatic amines is 1. The Bertz CT molecular complexity index is 1130. The third-order valence-corrected chi connectivity index (χ3v) is 7.29. The van der Waals surface area contributed by atoms with E-state index in [0.29, 0.717) is 22.9 Å². The van der Waals surface area contributed by atoms with Crippen LogP contribution in [0, 0.1) is 11.8 Å². The highest BCUT2D eigenvalue weighted by molar-refractivity contribution is 7.99. The van der Waals surface area contributed by atoms with E-state index < -0.39 is 0 Å². The van der Waals surface area contributed by atoms with Crippen LogP contribution in [-0.2, 0) is 4.79 Å². The highest BCUT2D eigenvalue weighted by Gasteiger charge is 2.38. The molecule has 2 bridgehead atoms. The zero-order chi connectivity index (χ0) is 22.2. The van der Waals surface area contributed by atoms with E-state index in [1.54, 1.807) is 6.20 Å². The first-order chi connectivity index (χ1) is 16.2. The number of amides is 1. The molecule has 3 atom stereocenters. The first kappa shape index (κ1) is 20.5. The van der Waals surface area contributed by atoms with Gasteiger partial charge < -0.3 is 20.9 Å². The van der Waals surface area contributed by atoms with Gasteiger partial charge in [-0.2, -0.15) is 5.10 Å². The minimum atomic E-state index is 0.115. The van der Waals surface area contributed by atoms with Crippen molar-refractivity contribution in [3.05, 3.63) is 42.6 Å². The monoisotopic (exact) mass is 462 g/mol. The number of nitrogens with one attached hydrogen (secondary N) is 4. The largest absolute Gasteiger partial charge is 0.366 e. The lowest BCUT2D eigenvalue weighted by Crippen LogP contribution is -2.34. The molecule has 33 heavy (non-hydrogen) atoms. The minimum Gasteiger partial charge on any atom is -0.366 e. The van der Waals surface area contributed by atoms with Crippen LogP contribution in [0.4, 0.5) is 23.1 Å². The highest BCUT2D eigenvalue weighted by Crippen LogP contribution is 2.33. The number of carbonyl (C=O) groups is 1. The van der Waals surface area contributed by atoms with E-state index in [9.17, 15) is 4.79 Å². The van der Waals surface area contributed by atoms with Gasteiger partial charge in [0.05, 0.1) is 6.20 Å². The summed E-state index contributed by atoms with van der Waals surface area (Å²) in [7, 11) is 0. The standard InChI is InChI=1S/C23H26N8OS/c32-22(14-1-2-14)25-16-3-5-17(6-4-16)33-23-28-20(26-18-13-31-10-8-15(18)12-31)11-21(29-23)27-19-7-9-24-30-19/h3-7,9,11,14-15,18H,1-2,8,10,12-13H2,(H,25,32)(H3,24,26,27,28,29,30). The number of benzene rings is 1. The van der Waals surface area contributed by atoms with Crippen LogP contribution in [0.25, 0.3) is 0 Å². The first-order valence-corrected chi connectivity index (χ1v) is 12.2. The van der Waals surface area contributed by atoms with Crippen molar-refractivity contribution in [3.63, 3.8) is 0 Å². The molecule has 170 valence electrons. The molecule has 1 amide bonds. The van der Waals surface area contributed by atoms with E-state index >= 15 is 0 Å². The summed E-state index contributed by atoms with van der Waals surface area (Å²) in [5, 5.41) is 17.5. The SMILES string of the molecule is O=C(Nc1ccc(Sc2nc(Nc3ccn[nH]3)cc(NC3CN4CCC3C4)n2)cc1)C1CC1. The molecular formula is C23H26N8OS. The van der Waals surface area contributed by atoms with Crippen molar-refractivity contribution in [3.8, 4) is 0 Å². The van der Waals surface area contributed by atoms with Gasteiger partial charge in [-0.05, 0) is 67.8 Å². The Kier molecular flexibility index (Phi) is 5.39. The maximum Gasteiger partial charge on any atom is 0.227 e. The Morgan fingerprint density at radius 3 is 2.61 bits per heavy atom. The quantitative estimate of drug-likeness (QED) is 0.376. The molecule has 9 nitrogen and oxygen atoms in total. The topological polar surface area (TPSA) is 111 Å². The van der Waals surface area contributed by atoms with Crippen molar-refractivity contribution in [2.45, 2.75) is 35.4 Å². The van der Waals surface area contributed by atoms with Crippen molar-refractivity contribution < 1.29 is 4.79 Å². The van der Waals surface area contributed by atoms with Gasteiger partial charge in [0, 0.05) is 47.8 Å². The van der Waals surface area contributed by atoms with Crippen LogP contribution >= 0.6 is 11.8 Å². The van der Waals surface area contributed by atoms with Crippen LogP contribution in [0.15, 0.2) is 52.6 Å². The molecule has 6 rings (SSSR count). The highest BCUT2D eigenvalue weighted by atomic mass is 32.2. The van der Waals surface area contributed by atoms with E-state index in [1.807, 2.05) is 36.4 Å². The van der Waals surface area contributed by atoms with Crippen molar-refractivity contribution in [2.24, 2.45) is 11.8 Å². The predicted molar refractivity (Wildman–Crippen MR) is 128 cm³/mol.